The molecular weight excluding hydrogens is 232 g/mol. The van der Waals surface area contributed by atoms with E-state index in [9.17, 15) is 18.0 Å². The van der Waals surface area contributed by atoms with E-state index in [0.29, 0.717) is 12.8 Å². The zero-order valence-electron chi connectivity index (χ0n) is 9.19. The Hall–Kier alpha value is -0.750. The molecule has 5 nitrogen and oxygen atoms in total. The maximum atomic E-state index is 11.9. The van der Waals surface area contributed by atoms with Gasteiger partial charge in [0, 0.05) is 5.92 Å². The zero-order valence-corrected chi connectivity index (χ0v) is 10.0. The van der Waals surface area contributed by atoms with Crippen molar-refractivity contribution in [2.75, 3.05) is 5.75 Å². The maximum absolute atomic E-state index is 11.9. The average molecular weight is 246 g/mol. The molecule has 0 heterocycles. The third kappa shape index (κ3) is 1.23. The SMILES string of the molecule is CC1(C)C2CC[C@@]1(CS(=O)(=O)O)C(=O)C2=O. The molecule has 1 N–H and O–H groups in total. The van der Waals surface area contributed by atoms with Crippen LogP contribution in [0.3, 0.4) is 0 Å². The molecule has 0 radical (unpaired) electrons. The summed E-state index contributed by atoms with van der Waals surface area (Å²) >= 11 is 0. The van der Waals surface area contributed by atoms with Crippen molar-refractivity contribution in [1.29, 1.82) is 0 Å². The fourth-order valence-electron chi connectivity index (χ4n) is 3.30. The molecule has 0 aliphatic heterocycles. The topological polar surface area (TPSA) is 88.5 Å². The van der Waals surface area contributed by atoms with Crippen molar-refractivity contribution in [2.45, 2.75) is 26.7 Å². The lowest BCUT2D eigenvalue weighted by molar-refractivity contribution is -0.141. The van der Waals surface area contributed by atoms with Gasteiger partial charge in [-0.1, -0.05) is 13.8 Å². The van der Waals surface area contributed by atoms with Crippen molar-refractivity contribution >= 4 is 21.7 Å². The molecule has 2 atom stereocenters. The van der Waals surface area contributed by atoms with E-state index >= 15 is 0 Å². The van der Waals surface area contributed by atoms with Gasteiger partial charge in [-0.25, -0.2) is 0 Å². The Morgan fingerprint density at radius 3 is 2.31 bits per heavy atom. The summed E-state index contributed by atoms with van der Waals surface area (Å²) in [6.07, 6.45) is 0.905. The number of fused-ring (bicyclic) bond motifs is 2. The molecule has 2 aliphatic carbocycles. The Kier molecular flexibility index (Phi) is 2.14. The van der Waals surface area contributed by atoms with E-state index in [-0.39, 0.29) is 5.92 Å². The fraction of sp³-hybridized carbons (Fsp3) is 0.800. The molecule has 1 unspecified atom stereocenters. The first kappa shape index (κ1) is 11.7. The maximum Gasteiger partial charge on any atom is 0.265 e. The quantitative estimate of drug-likeness (QED) is 0.564. The second kappa shape index (κ2) is 2.92. The van der Waals surface area contributed by atoms with E-state index in [1.807, 2.05) is 0 Å². The Morgan fingerprint density at radius 1 is 1.38 bits per heavy atom. The highest BCUT2D eigenvalue weighted by molar-refractivity contribution is 7.85. The highest BCUT2D eigenvalue weighted by Gasteiger charge is 2.69. The number of Topliss-reactive ketones (excluding diaryl/α,β-unsaturated/α-hetero) is 2. The minimum atomic E-state index is -4.25. The fourth-order valence-corrected chi connectivity index (χ4v) is 4.57. The van der Waals surface area contributed by atoms with Crippen molar-refractivity contribution in [2.24, 2.45) is 16.7 Å². The molecule has 16 heavy (non-hydrogen) atoms. The largest absolute Gasteiger partial charge is 0.291 e. The first-order valence-electron chi connectivity index (χ1n) is 5.16. The summed E-state index contributed by atoms with van der Waals surface area (Å²) in [6.45, 7) is 3.47. The van der Waals surface area contributed by atoms with Gasteiger partial charge in [-0.2, -0.15) is 8.42 Å². The van der Waals surface area contributed by atoms with Gasteiger partial charge in [0.15, 0.2) is 0 Å². The summed E-state index contributed by atoms with van der Waals surface area (Å²) < 4.78 is 30.9. The Labute approximate surface area is 94.0 Å². The van der Waals surface area contributed by atoms with Crippen molar-refractivity contribution in [3.63, 3.8) is 0 Å². The number of rotatable bonds is 2. The summed E-state index contributed by atoms with van der Waals surface area (Å²) in [5, 5.41) is 0. The van der Waals surface area contributed by atoms with Crippen LogP contribution in [0, 0.1) is 16.7 Å². The molecule has 2 aliphatic rings. The highest BCUT2D eigenvalue weighted by Crippen LogP contribution is 2.62. The Balaban J connectivity index is 2.54. The van der Waals surface area contributed by atoms with Crippen molar-refractivity contribution in [3.05, 3.63) is 0 Å². The average Bonchev–Trinajstić information content (AvgIpc) is 2.39. The molecule has 6 heteroatoms. The molecule has 90 valence electrons. The third-order valence-corrected chi connectivity index (χ3v) is 5.23. The summed E-state index contributed by atoms with van der Waals surface area (Å²) in [5.41, 5.74) is -1.88. The number of ketones is 2. The summed E-state index contributed by atoms with van der Waals surface area (Å²) in [7, 11) is -4.25. The van der Waals surface area contributed by atoms with Crippen LogP contribution in [0.2, 0.25) is 0 Å². The van der Waals surface area contributed by atoms with Crippen LogP contribution in [-0.2, 0) is 19.7 Å². The van der Waals surface area contributed by atoms with Crippen LogP contribution in [0.15, 0.2) is 0 Å². The standard InChI is InChI=1S/C10H14O5S/c1-9(2)6-3-4-10(9,5-16(13,14)15)8(12)7(6)11/h6H,3-5H2,1-2H3,(H,13,14,15)/t6?,10-/m1/s1. The van der Waals surface area contributed by atoms with E-state index in [1.165, 1.54) is 0 Å². The van der Waals surface area contributed by atoms with Crippen molar-refractivity contribution in [3.8, 4) is 0 Å². The number of carbonyl (C=O) groups is 2. The molecule has 0 saturated heterocycles. The van der Waals surface area contributed by atoms with Gasteiger partial charge in [-0.05, 0) is 18.3 Å². The summed E-state index contributed by atoms with van der Waals surface area (Å²) in [4.78, 5) is 23.5. The van der Waals surface area contributed by atoms with Gasteiger partial charge in [-0.3, -0.25) is 14.1 Å². The molecule has 0 spiro atoms. The van der Waals surface area contributed by atoms with Crippen LogP contribution < -0.4 is 0 Å². The molecule has 2 fully saturated rings. The molecule has 0 aromatic rings. The molecule has 0 aromatic heterocycles. The monoisotopic (exact) mass is 246 g/mol. The van der Waals surface area contributed by atoms with E-state index < -0.39 is 38.3 Å². The number of hydrogen-bond donors (Lipinski definition) is 1. The second-order valence-electron chi connectivity index (χ2n) is 5.31. The van der Waals surface area contributed by atoms with Gasteiger partial charge < -0.3 is 0 Å². The third-order valence-electron chi connectivity index (χ3n) is 4.37. The van der Waals surface area contributed by atoms with Gasteiger partial charge in [-0.15, -0.1) is 0 Å². The van der Waals surface area contributed by atoms with Crippen LogP contribution in [0.25, 0.3) is 0 Å². The van der Waals surface area contributed by atoms with E-state index in [4.69, 9.17) is 4.55 Å². The van der Waals surface area contributed by atoms with Crippen LogP contribution in [0.4, 0.5) is 0 Å². The Morgan fingerprint density at radius 2 is 1.94 bits per heavy atom. The predicted molar refractivity (Wildman–Crippen MR) is 55.4 cm³/mol. The molecule has 0 aromatic carbocycles. The number of carbonyl (C=O) groups excluding carboxylic acids is 2. The highest BCUT2D eigenvalue weighted by atomic mass is 32.2. The van der Waals surface area contributed by atoms with Crippen LogP contribution >= 0.6 is 0 Å². The molecule has 2 saturated carbocycles. The molecule has 2 bridgehead atoms. The lowest BCUT2D eigenvalue weighted by Crippen LogP contribution is -2.43. The minimum absolute atomic E-state index is 0.370. The van der Waals surface area contributed by atoms with Crippen molar-refractivity contribution < 1.29 is 22.6 Å². The lowest BCUT2D eigenvalue weighted by Gasteiger charge is -2.34. The van der Waals surface area contributed by atoms with E-state index in [2.05, 4.69) is 0 Å². The van der Waals surface area contributed by atoms with Crippen LogP contribution in [0.1, 0.15) is 26.7 Å². The van der Waals surface area contributed by atoms with Crippen molar-refractivity contribution in [1.82, 2.24) is 0 Å². The van der Waals surface area contributed by atoms with Gasteiger partial charge in [0.1, 0.15) is 0 Å². The van der Waals surface area contributed by atoms with Gasteiger partial charge in [0.25, 0.3) is 10.1 Å². The van der Waals surface area contributed by atoms with Crippen LogP contribution in [0.5, 0.6) is 0 Å². The van der Waals surface area contributed by atoms with E-state index in [1.54, 1.807) is 13.8 Å². The molecular formula is C10H14O5S. The minimum Gasteiger partial charge on any atom is -0.291 e. The van der Waals surface area contributed by atoms with Gasteiger partial charge >= 0.3 is 0 Å². The smallest absolute Gasteiger partial charge is 0.265 e. The van der Waals surface area contributed by atoms with Crippen LogP contribution in [-0.4, -0.2) is 30.3 Å². The zero-order chi connectivity index (χ0) is 12.4. The predicted octanol–water partition coefficient (Wildman–Crippen LogP) is 0.449. The first-order chi connectivity index (χ1) is 7.12. The Bertz CT molecular complexity index is 475. The van der Waals surface area contributed by atoms with Gasteiger partial charge in [0.2, 0.25) is 11.6 Å². The normalized spacial score (nSPS) is 37.1. The lowest BCUT2D eigenvalue weighted by atomic mass is 9.70. The first-order valence-corrected chi connectivity index (χ1v) is 6.76. The summed E-state index contributed by atoms with van der Waals surface area (Å²) in [6, 6.07) is 0. The summed E-state index contributed by atoms with van der Waals surface area (Å²) in [5.74, 6) is -2.11. The second-order valence-corrected chi connectivity index (χ2v) is 6.77. The molecule has 0 amide bonds. The molecule has 2 rings (SSSR count). The van der Waals surface area contributed by atoms with E-state index in [0.717, 1.165) is 0 Å². The van der Waals surface area contributed by atoms with Gasteiger partial charge in [0.05, 0.1) is 11.2 Å². The number of hydrogen-bond acceptors (Lipinski definition) is 4.